The molecular weight excluding hydrogens is 436 g/mol. The Labute approximate surface area is 201 Å². The monoisotopic (exact) mass is 472 g/mol. The van der Waals surface area contributed by atoms with Crippen molar-refractivity contribution in [2.24, 2.45) is 5.41 Å². The number of anilines is 1. The van der Waals surface area contributed by atoms with Gasteiger partial charge in [0.05, 0.1) is 33.6 Å². The molecule has 1 aromatic carbocycles. The van der Waals surface area contributed by atoms with Crippen LogP contribution in [0.2, 0.25) is 0 Å². The van der Waals surface area contributed by atoms with Gasteiger partial charge in [-0.25, -0.2) is 0 Å². The summed E-state index contributed by atoms with van der Waals surface area (Å²) in [6.07, 6.45) is 6.01. The number of methoxy groups -OCH3 is 3. The molecule has 34 heavy (non-hydrogen) atoms. The van der Waals surface area contributed by atoms with E-state index in [0.717, 1.165) is 62.9 Å². The van der Waals surface area contributed by atoms with Crippen molar-refractivity contribution < 1.29 is 28.5 Å². The minimum atomic E-state index is -0.227. The Morgan fingerprint density at radius 3 is 2.44 bits per heavy atom. The molecule has 0 N–H and O–H groups in total. The number of fused-ring (bicyclic) bond motifs is 1. The number of nitrogens with zero attached hydrogens (tertiary/aromatic N) is 2. The van der Waals surface area contributed by atoms with Crippen molar-refractivity contribution in [3.63, 3.8) is 0 Å². The van der Waals surface area contributed by atoms with Crippen LogP contribution in [-0.4, -0.2) is 69.9 Å². The summed E-state index contributed by atoms with van der Waals surface area (Å²) < 4.78 is 22.8. The van der Waals surface area contributed by atoms with Crippen molar-refractivity contribution in [3.8, 4) is 17.2 Å². The molecule has 0 unspecified atom stereocenters. The van der Waals surface area contributed by atoms with Gasteiger partial charge in [0.25, 0.3) is 0 Å². The molecule has 1 spiro atoms. The zero-order valence-electron chi connectivity index (χ0n) is 20.9. The molecule has 8 heteroatoms. The lowest BCUT2D eigenvalue weighted by Crippen LogP contribution is -2.65. The molecule has 8 nitrogen and oxygen atoms in total. The number of piperidine rings is 1. The van der Waals surface area contributed by atoms with E-state index in [4.69, 9.17) is 18.9 Å². The topological polar surface area (TPSA) is 77.5 Å². The quantitative estimate of drug-likeness (QED) is 0.588. The number of carbonyl (C=O) groups excluding carboxylic acids is 2. The molecule has 3 fully saturated rings. The van der Waals surface area contributed by atoms with Crippen molar-refractivity contribution >= 4 is 17.6 Å². The fourth-order valence-electron chi connectivity index (χ4n) is 8.03. The molecule has 3 heterocycles. The number of ether oxygens (including phenoxy) is 4. The van der Waals surface area contributed by atoms with Crippen LogP contribution in [0.4, 0.5) is 5.69 Å². The van der Waals surface area contributed by atoms with Gasteiger partial charge in [0.15, 0.2) is 11.5 Å². The number of hydrogen-bond acceptors (Lipinski definition) is 7. The summed E-state index contributed by atoms with van der Waals surface area (Å²) >= 11 is 0. The molecule has 2 saturated heterocycles. The van der Waals surface area contributed by atoms with Crippen LogP contribution in [0, 0.1) is 5.41 Å². The molecule has 4 aliphatic rings. The highest BCUT2D eigenvalue weighted by Crippen LogP contribution is 2.68. The molecule has 5 rings (SSSR count). The van der Waals surface area contributed by atoms with E-state index in [1.165, 1.54) is 6.92 Å². The van der Waals surface area contributed by atoms with Crippen molar-refractivity contribution in [1.29, 1.82) is 0 Å². The van der Waals surface area contributed by atoms with Crippen molar-refractivity contribution in [3.05, 3.63) is 11.6 Å². The van der Waals surface area contributed by atoms with E-state index in [1.54, 1.807) is 28.3 Å². The summed E-state index contributed by atoms with van der Waals surface area (Å²) in [5, 5.41) is 0. The molecule has 1 aromatic rings. The Bertz CT molecular complexity index is 1010. The van der Waals surface area contributed by atoms with Gasteiger partial charge < -0.3 is 23.8 Å². The number of rotatable bonds is 6. The zero-order chi connectivity index (χ0) is 24.3. The number of carbonyl (C=O) groups is 2. The second-order valence-corrected chi connectivity index (χ2v) is 10.3. The normalized spacial score (nSPS) is 31.4. The minimum Gasteiger partial charge on any atom is -0.493 e. The summed E-state index contributed by atoms with van der Waals surface area (Å²) in [5.74, 6) is 1.51. The maximum absolute atomic E-state index is 13.2. The first-order chi connectivity index (χ1) is 16.3. The fourth-order valence-corrected chi connectivity index (χ4v) is 8.03. The zero-order valence-corrected chi connectivity index (χ0v) is 20.9. The summed E-state index contributed by atoms with van der Waals surface area (Å²) in [4.78, 5) is 29.3. The van der Waals surface area contributed by atoms with Crippen molar-refractivity contribution in [2.75, 3.05) is 45.9 Å². The first-order valence-corrected chi connectivity index (χ1v) is 12.4. The summed E-state index contributed by atoms with van der Waals surface area (Å²) in [5.41, 5.74) is 1.79. The van der Waals surface area contributed by atoms with Gasteiger partial charge in [0, 0.05) is 31.3 Å². The number of esters is 1. The Hall–Kier alpha value is -2.48. The van der Waals surface area contributed by atoms with Gasteiger partial charge in [-0.3, -0.25) is 14.5 Å². The highest BCUT2D eigenvalue weighted by Gasteiger charge is 2.69. The van der Waals surface area contributed by atoms with Gasteiger partial charge in [-0.15, -0.1) is 0 Å². The van der Waals surface area contributed by atoms with Crippen LogP contribution in [0.1, 0.15) is 57.9 Å². The average Bonchev–Trinajstić information content (AvgIpc) is 3.35. The van der Waals surface area contributed by atoms with E-state index in [-0.39, 0.29) is 34.8 Å². The van der Waals surface area contributed by atoms with E-state index in [1.807, 2.05) is 4.90 Å². The second-order valence-electron chi connectivity index (χ2n) is 10.3. The SMILES string of the molecule is COc1cc2c(c(OC)c1OC)N(C(C)=O)[C@@H]1CC[C@@]3(CCOC(C)=O)CCCN4CC[C@@]21[C@H]43. The van der Waals surface area contributed by atoms with E-state index >= 15 is 0 Å². The Kier molecular flexibility index (Phi) is 5.70. The molecule has 0 aromatic heterocycles. The molecule has 1 saturated carbocycles. The third-order valence-corrected chi connectivity index (χ3v) is 8.98. The number of amides is 1. The average molecular weight is 473 g/mol. The van der Waals surface area contributed by atoms with Gasteiger partial charge in [0.2, 0.25) is 11.7 Å². The van der Waals surface area contributed by atoms with Crippen LogP contribution in [0.25, 0.3) is 0 Å². The van der Waals surface area contributed by atoms with Crippen molar-refractivity contribution in [2.45, 2.75) is 69.9 Å². The summed E-state index contributed by atoms with van der Waals surface area (Å²) in [6.45, 7) is 5.63. The minimum absolute atomic E-state index is 0.0234. The third-order valence-electron chi connectivity index (χ3n) is 8.98. The largest absolute Gasteiger partial charge is 0.493 e. The van der Waals surface area contributed by atoms with E-state index < -0.39 is 0 Å². The smallest absolute Gasteiger partial charge is 0.302 e. The van der Waals surface area contributed by atoms with Gasteiger partial charge in [-0.1, -0.05) is 0 Å². The fraction of sp³-hybridized carbons (Fsp3) is 0.692. The molecule has 186 valence electrons. The van der Waals surface area contributed by atoms with Crippen LogP contribution >= 0.6 is 0 Å². The van der Waals surface area contributed by atoms with E-state index in [2.05, 4.69) is 11.0 Å². The molecule has 0 radical (unpaired) electrons. The highest BCUT2D eigenvalue weighted by atomic mass is 16.5. The van der Waals surface area contributed by atoms with E-state index in [0.29, 0.717) is 23.9 Å². The molecule has 4 atom stereocenters. The van der Waals surface area contributed by atoms with Crippen LogP contribution in [0.3, 0.4) is 0 Å². The first-order valence-electron chi connectivity index (χ1n) is 12.4. The molecule has 0 bridgehead atoms. The Morgan fingerprint density at radius 2 is 1.79 bits per heavy atom. The molecular formula is C26H36N2O6. The molecule has 1 amide bonds. The van der Waals surface area contributed by atoms with Crippen LogP contribution in [0.15, 0.2) is 6.07 Å². The lowest BCUT2D eigenvalue weighted by Gasteiger charge is -2.58. The predicted octanol–water partition coefficient (Wildman–Crippen LogP) is 3.29. The Balaban J connectivity index is 1.71. The van der Waals surface area contributed by atoms with Gasteiger partial charge in [0.1, 0.15) is 0 Å². The third kappa shape index (κ3) is 3.00. The predicted molar refractivity (Wildman–Crippen MR) is 127 cm³/mol. The van der Waals surface area contributed by atoms with Gasteiger partial charge >= 0.3 is 5.97 Å². The van der Waals surface area contributed by atoms with Gasteiger partial charge in [-0.05, 0) is 68.7 Å². The van der Waals surface area contributed by atoms with Crippen LogP contribution in [-0.2, 0) is 19.7 Å². The van der Waals surface area contributed by atoms with E-state index in [9.17, 15) is 9.59 Å². The molecule has 1 aliphatic carbocycles. The van der Waals surface area contributed by atoms with Crippen LogP contribution < -0.4 is 19.1 Å². The van der Waals surface area contributed by atoms with Crippen molar-refractivity contribution in [1.82, 2.24) is 4.90 Å². The standard InChI is InChI=1S/C26H36N2O6/c1-16(29)28-20-7-9-25(11-14-34-17(2)30)8-6-12-27-13-10-26(20,24(25)27)18-15-19(31-3)22(32-4)23(33-5)21(18)28/h15,20,24H,6-14H2,1-5H3/t20-,24-,25-,26-/m1/s1. The lowest BCUT2D eigenvalue weighted by atomic mass is 9.52. The molecule has 3 aliphatic heterocycles. The Morgan fingerprint density at radius 1 is 1.03 bits per heavy atom. The highest BCUT2D eigenvalue weighted by molar-refractivity contribution is 5.99. The maximum Gasteiger partial charge on any atom is 0.302 e. The van der Waals surface area contributed by atoms with Gasteiger partial charge in [-0.2, -0.15) is 0 Å². The summed E-state index contributed by atoms with van der Waals surface area (Å²) in [6, 6.07) is 2.42. The second kappa shape index (κ2) is 8.33. The number of hydrogen-bond donors (Lipinski definition) is 0. The first kappa shape index (κ1) is 23.3. The maximum atomic E-state index is 13.2. The van der Waals surface area contributed by atoms with Crippen LogP contribution in [0.5, 0.6) is 17.2 Å². The number of benzene rings is 1. The summed E-state index contributed by atoms with van der Waals surface area (Å²) in [7, 11) is 4.87. The lowest BCUT2D eigenvalue weighted by molar-refractivity contribution is -0.143.